The second kappa shape index (κ2) is 9.83. The zero-order valence-electron chi connectivity index (χ0n) is 16.5. The Bertz CT molecular complexity index is 1010. The highest BCUT2D eigenvalue weighted by Gasteiger charge is 2.45. The van der Waals surface area contributed by atoms with Crippen molar-refractivity contribution in [3.05, 3.63) is 52.8 Å². The molecule has 1 aliphatic rings. The zero-order valence-corrected chi connectivity index (χ0v) is 17.3. The van der Waals surface area contributed by atoms with Crippen LogP contribution in [0.4, 0.5) is 37.7 Å². The lowest BCUT2D eigenvalue weighted by atomic mass is 10.1. The summed E-state index contributed by atoms with van der Waals surface area (Å²) >= 11 is 5.66. The molecule has 0 atom stereocenters. The summed E-state index contributed by atoms with van der Waals surface area (Å²) in [5, 5.41) is 12.5. The fourth-order valence-electron chi connectivity index (χ4n) is 2.33. The number of nitrogens with zero attached hydrogens (tertiary/aromatic N) is 1. The molecule has 1 fully saturated rings. The molecular formula is C19H17ClF6N4O3. The average Bonchev–Trinajstić information content (AvgIpc) is 3.46. The van der Waals surface area contributed by atoms with Crippen molar-refractivity contribution < 1.29 is 41.0 Å². The van der Waals surface area contributed by atoms with Crippen molar-refractivity contribution in [2.45, 2.75) is 37.3 Å². The van der Waals surface area contributed by atoms with Crippen LogP contribution in [0.1, 0.15) is 24.1 Å². The molecule has 0 spiro atoms. The molecule has 0 aliphatic heterocycles. The summed E-state index contributed by atoms with van der Waals surface area (Å²) in [6.45, 7) is 0.201. The average molecular weight is 499 g/mol. The van der Waals surface area contributed by atoms with Crippen molar-refractivity contribution in [1.29, 1.82) is 0 Å². The topological polar surface area (TPSA) is 117 Å². The van der Waals surface area contributed by atoms with Crippen molar-refractivity contribution in [2.75, 3.05) is 5.32 Å². The van der Waals surface area contributed by atoms with E-state index in [2.05, 4.69) is 15.6 Å². The minimum absolute atomic E-state index is 0.000396. The van der Waals surface area contributed by atoms with Gasteiger partial charge >= 0.3 is 18.3 Å². The maximum atomic E-state index is 13.1. The third kappa shape index (κ3) is 7.79. The lowest BCUT2D eigenvalue weighted by Gasteiger charge is -2.15. The number of aliphatic carboxylic acids is 1. The number of benzene rings is 1. The molecule has 1 heterocycles. The van der Waals surface area contributed by atoms with Crippen molar-refractivity contribution >= 4 is 34.9 Å². The first-order chi connectivity index (χ1) is 15.1. The van der Waals surface area contributed by atoms with Crippen LogP contribution in [0.2, 0.25) is 5.02 Å². The fraction of sp³-hybridized carbons (Fsp3) is 0.316. The van der Waals surface area contributed by atoms with Crippen molar-refractivity contribution in [1.82, 2.24) is 10.3 Å². The molecule has 7 nitrogen and oxygen atoms in total. The first-order valence-electron chi connectivity index (χ1n) is 9.08. The van der Waals surface area contributed by atoms with E-state index in [4.69, 9.17) is 27.2 Å². The van der Waals surface area contributed by atoms with Crippen LogP contribution in [-0.2, 0) is 22.3 Å². The van der Waals surface area contributed by atoms with Gasteiger partial charge < -0.3 is 21.5 Å². The standard InChI is InChI=1S/C17H16ClF3N4O.C2HF3O2/c18-10-1-4-14(13(7-10)17(19,20)21)25-12-3-2-11(23-9-12)8-24-15(26)16(22)5-6-16;3-2(4,5)1(6)7/h1-4,7,9,25H,5-6,8,22H2,(H,24,26);(H,6,7). The van der Waals surface area contributed by atoms with Gasteiger partial charge in [0.05, 0.1) is 40.9 Å². The Hall–Kier alpha value is -3.06. The zero-order chi connectivity index (χ0) is 25.0. The highest BCUT2D eigenvalue weighted by molar-refractivity contribution is 6.30. The number of alkyl halides is 6. The molecule has 0 radical (unpaired) electrons. The molecule has 1 aromatic carbocycles. The summed E-state index contributed by atoms with van der Waals surface area (Å²) in [4.78, 5) is 24.8. The van der Waals surface area contributed by atoms with Crippen LogP contribution in [0.5, 0.6) is 0 Å². The predicted molar refractivity (Wildman–Crippen MR) is 106 cm³/mol. The summed E-state index contributed by atoms with van der Waals surface area (Å²) in [6.07, 6.45) is -6.90. The van der Waals surface area contributed by atoms with Gasteiger partial charge in [-0.05, 0) is 43.2 Å². The van der Waals surface area contributed by atoms with Gasteiger partial charge in [-0.3, -0.25) is 9.78 Å². The highest BCUT2D eigenvalue weighted by atomic mass is 35.5. The smallest absolute Gasteiger partial charge is 0.475 e. The Kier molecular flexibility index (Phi) is 7.80. The minimum atomic E-state index is -5.08. The summed E-state index contributed by atoms with van der Waals surface area (Å²) in [6, 6.07) is 6.69. The number of hydrogen-bond acceptors (Lipinski definition) is 5. The number of pyridine rings is 1. The molecule has 0 saturated heterocycles. The second-order valence-corrected chi connectivity index (χ2v) is 7.43. The normalized spacial score (nSPS) is 14.5. The fourth-order valence-corrected chi connectivity index (χ4v) is 2.50. The van der Waals surface area contributed by atoms with E-state index in [-0.39, 0.29) is 23.2 Å². The number of carbonyl (C=O) groups is 2. The molecule has 0 unspecified atom stereocenters. The highest BCUT2D eigenvalue weighted by Crippen LogP contribution is 2.37. The van der Waals surface area contributed by atoms with Gasteiger partial charge in [-0.1, -0.05) is 11.6 Å². The van der Waals surface area contributed by atoms with Gasteiger partial charge in [0.2, 0.25) is 5.91 Å². The van der Waals surface area contributed by atoms with Crippen LogP contribution in [0.25, 0.3) is 0 Å². The van der Waals surface area contributed by atoms with E-state index in [0.29, 0.717) is 24.2 Å². The Labute approximate surface area is 187 Å². The third-order valence-corrected chi connectivity index (χ3v) is 4.54. The van der Waals surface area contributed by atoms with E-state index in [1.807, 2.05) is 0 Å². The van der Waals surface area contributed by atoms with Crippen LogP contribution < -0.4 is 16.4 Å². The van der Waals surface area contributed by atoms with Crippen molar-refractivity contribution in [2.24, 2.45) is 5.73 Å². The summed E-state index contributed by atoms with van der Waals surface area (Å²) in [5.41, 5.74) is 4.99. The Morgan fingerprint density at radius 3 is 2.18 bits per heavy atom. The summed E-state index contributed by atoms with van der Waals surface area (Å²) in [7, 11) is 0. The Morgan fingerprint density at radius 1 is 1.12 bits per heavy atom. The number of carboxylic acid groups (broad SMARTS) is 1. The third-order valence-electron chi connectivity index (χ3n) is 4.30. The monoisotopic (exact) mass is 498 g/mol. The lowest BCUT2D eigenvalue weighted by molar-refractivity contribution is -0.192. The number of aromatic nitrogens is 1. The molecule has 180 valence electrons. The number of anilines is 2. The Morgan fingerprint density at radius 2 is 1.73 bits per heavy atom. The quantitative estimate of drug-likeness (QED) is 0.458. The number of amides is 1. The van der Waals surface area contributed by atoms with E-state index < -0.39 is 29.4 Å². The van der Waals surface area contributed by atoms with Gasteiger partial charge in [0.25, 0.3) is 0 Å². The largest absolute Gasteiger partial charge is 0.490 e. The maximum absolute atomic E-state index is 13.1. The number of halogens is 7. The molecule has 0 bridgehead atoms. The maximum Gasteiger partial charge on any atom is 0.490 e. The minimum Gasteiger partial charge on any atom is -0.475 e. The molecule has 1 saturated carbocycles. The Balaban J connectivity index is 0.000000479. The number of rotatable bonds is 5. The van der Waals surface area contributed by atoms with Crippen LogP contribution in [0.3, 0.4) is 0 Å². The molecular weight excluding hydrogens is 482 g/mol. The second-order valence-electron chi connectivity index (χ2n) is 6.99. The van der Waals surface area contributed by atoms with Gasteiger partial charge in [0, 0.05) is 5.02 Å². The number of carbonyl (C=O) groups excluding carboxylic acids is 1. The molecule has 1 amide bonds. The molecule has 1 aliphatic carbocycles. The number of carboxylic acids is 1. The number of hydrogen-bond donors (Lipinski definition) is 4. The first kappa shape index (κ1) is 26.2. The summed E-state index contributed by atoms with van der Waals surface area (Å²) in [5.74, 6) is -2.98. The SMILES string of the molecule is NC1(C(=O)NCc2ccc(Nc3ccc(Cl)cc3C(F)(F)F)cn2)CC1.O=C(O)C(F)(F)F. The number of nitrogens with one attached hydrogen (secondary N) is 2. The van der Waals surface area contributed by atoms with Crippen LogP contribution >= 0.6 is 11.6 Å². The van der Waals surface area contributed by atoms with Crippen molar-refractivity contribution in [3.63, 3.8) is 0 Å². The van der Waals surface area contributed by atoms with E-state index in [1.54, 1.807) is 12.1 Å². The van der Waals surface area contributed by atoms with E-state index in [1.165, 1.54) is 18.3 Å². The van der Waals surface area contributed by atoms with Gasteiger partial charge in [-0.15, -0.1) is 0 Å². The molecule has 2 aromatic rings. The molecule has 14 heteroatoms. The van der Waals surface area contributed by atoms with E-state index >= 15 is 0 Å². The first-order valence-corrected chi connectivity index (χ1v) is 9.45. The molecule has 1 aromatic heterocycles. The summed E-state index contributed by atoms with van der Waals surface area (Å²) < 4.78 is 71.1. The molecule has 33 heavy (non-hydrogen) atoms. The van der Waals surface area contributed by atoms with Crippen molar-refractivity contribution in [3.8, 4) is 0 Å². The van der Waals surface area contributed by atoms with Crippen LogP contribution in [0.15, 0.2) is 36.5 Å². The van der Waals surface area contributed by atoms with E-state index in [9.17, 15) is 31.1 Å². The van der Waals surface area contributed by atoms with Gasteiger partial charge in [0.1, 0.15) is 0 Å². The lowest BCUT2D eigenvalue weighted by Crippen LogP contribution is -2.42. The molecule has 5 N–H and O–H groups in total. The van der Waals surface area contributed by atoms with Gasteiger partial charge in [0.15, 0.2) is 0 Å². The molecule has 3 rings (SSSR count). The van der Waals surface area contributed by atoms with Gasteiger partial charge in [-0.2, -0.15) is 26.3 Å². The number of nitrogens with two attached hydrogens (primary N) is 1. The van der Waals surface area contributed by atoms with Crippen LogP contribution in [0, 0.1) is 0 Å². The predicted octanol–water partition coefficient (Wildman–Crippen LogP) is 4.24. The van der Waals surface area contributed by atoms with Gasteiger partial charge in [-0.25, -0.2) is 4.79 Å². The van der Waals surface area contributed by atoms with E-state index in [0.717, 1.165) is 6.07 Å². The van der Waals surface area contributed by atoms with Crippen LogP contribution in [-0.4, -0.2) is 33.7 Å².